The normalized spacial score (nSPS) is 16.4. The van der Waals surface area contributed by atoms with Crippen LogP contribution in [0.15, 0.2) is 67.0 Å². The molecule has 218 valence electrons. The molecule has 1 saturated heterocycles. The molecule has 1 atom stereocenters. The summed E-state index contributed by atoms with van der Waals surface area (Å²) in [5.41, 5.74) is 7.94. The second-order valence-electron chi connectivity index (χ2n) is 12.3. The Bertz CT molecular complexity index is 1960. The smallest absolute Gasteiger partial charge is 0.181 e. The maximum Gasteiger partial charge on any atom is 0.181 e. The van der Waals surface area contributed by atoms with Gasteiger partial charge in [0.1, 0.15) is 5.82 Å². The first-order valence-electron chi connectivity index (χ1n) is 15.2. The molecule has 1 N–H and O–H groups in total. The van der Waals surface area contributed by atoms with Crippen molar-refractivity contribution in [1.29, 1.82) is 0 Å². The second-order valence-corrected chi connectivity index (χ2v) is 12.3. The number of aromatic nitrogens is 7. The zero-order valence-corrected chi connectivity index (χ0v) is 24.7. The molecule has 0 spiro atoms. The summed E-state index contributed by atoms with van der Waals surface area (Å²) in [6.45, 7) is 6.13. The number of aliphatic hydroxyl groups excluding tert-OH is 1. The highest BCUT2D eigenvalue weighted by Gasteiger charge is 2.33. The molecule has 1 saturated carbocycles. The van der Waals surface area contributed by atoms with Crippen LogP contribution in [-0.2, 0) is 18.3 Å². The van der Waals surface area contributed by atoms with E-state index in [0.717, 1.165) is 68.7 Å². The van der Waals surface area contributed by atoms with E-state index in [1.165, 1.54) is 5.69 Å². The standard InChI is InChI=1S/C34H35N7O2/c1-20(2)30-26(14-23-15-41(24-18-43-19-24)38-33(23)35-30)34-36-31(32(39(34)3)22-12-13-22)25-10-7-11-28-27(25)16-40(37-28)17-29(42)21-8-5-4-6-9-21/h4-11,14-16,20,22,24,29,42H,12-13,17-19H2,1-3H3/t29-/m0/s1. The first kappa shape index (κ1) is 26.3. The minimum absolute atomic E-state index is 0.207. The Hall–Kier alpha value is -4.34. The molecule has 2 aromatic carbocycles. The maximum absolute atomic E-state index is 10.9. The van der Waals surface area contributed by atoms with Crippen LogP contribution in [-0.4, -0.2) is 52.4 Å². The summed E-state index contributed by atoms with van der Waals surface area (Å²) < 4.78 is 11.5. The van der Waals surface area contributed by atoms with Crippen molar-refractivity contribution >= 4 is 21.9 Å². The minimum Gasteiger partial charge on any atom is -0.386 e. The molecule has 0 bridgehead atoms. The molecule has 0 amide bonds. The molecule has 9 nitrogen and oxygen atoms in total. The van der Waals surface area contributed by atoms with E-state index in [-0.39, 0.29) is 12.0 Å². The minimum atomic E-state index is -0.638. The van der Waals surface area contributed by atoms with Gasteiger partial charge in [0.25, 0.3) is 0 Å². The van der Waals surface area contributed by atoms with Crippen LogP contribution < -0.4 is 0 Å². The van der Waals surface area contributed by atoms with Crippen LogP contribution in [0.1, 0.15) is 67.6 Å². The van der Waals surface area contributed by atoms with Crippen molar-refractivity contribution in [2.24, 2.45) is 7.05 Å². The fourth-order valence-electron chi connectivity index (χ4n) is 6.30. The average Bonchev–Trinajstić information content (AvgIpc) is 3.44. The number of benzene rings is 2. The van der Waals surface area contributed by atoms with Crippen molar-refractivity contribution < 1.29 is 9.84 Å². The Labute approximate surface area is 249 Å². The Morgan fingerprint density at radius 3 is 2.49 bits per heavy atom. The van der Waals surface area contributed by atoms with E-state index in [4.69, 9.17) is 24.9 Å². The Morgan fingerprint density at radius 1 is 0.953 bits per heavy atom. The van der Waals surface area contributed by atoms with Gasteiger partial charge in [-0.05, 0) is 36.5 Å². The molecule has 1 aliphatic heterocycles. The third-order valence-corrected chi connectivity index (χ3v) is 8.82. The van der Waals surface area contributed by atoms with Gasteiger partial charge in [0, 0.05) is 53.0 Å². The number of fused-ring (bicyclic) bond motifs is 2. The summed E-state index contributed by atoms with van der Waals surface area (Å²) >= 11 is 0. The summed E-state index contributed by atoms with van der Waals surface area (Å²) in [4.78, 5) is 10.5. The Kier molecular flexibility index (Phi) is 6.20. The molecule has 4 aromatic heterocycles. The highest BCUT2D eigenvalue weighted by molar-refractivity contribution is 5.95. The molecule has 2 fully saturated rings. The van der Waals surface area contributed by atoms with Crippen molar-refractivity contribution in [1.82, 2.24) is 34.1 Å². The van der Waals surface area contributed by atoms with Crippen LogP contribution in [0, 0.1) is 0 Å². The van der Waals surface area contributed by atoms with Crippen molar-refractivity contribution in [3.8, 4) is 22.6 Å². The van der Waals surface area contributed by atoms with Crippen LogP contribution >= 0.6 is 0 Å². The SMILES string of the molecule is CC(C)c1nc2nn(C3COC3)cc2cc1-c1nc(-c2cccc3nn(C[C@H](O)c4ccccc4)cc23)c(C2CC2)n1C. The predicted octanol–water partition coefficient (Wildman–Crippen LogP) is 6.15. The number of imidazole rings is 1. The number of aliphatic hydroxyl groups is 1. The molecular formula is C34H35N7O2. The zero-order chi connectivity index (χ0) is 29.2. The van der Waals surface area contributed by atoms with Crippen LogP contribution in [0.2, 0.25) is 0 Å². The van der Waals surface area contributed by atoms with Crippen molar-refractivity contribution in [3.05, 3.63) is 83.9 Å². The van der Waals surface area contributed by atoms with Crippen LogP contribution in [0.25, 0.3) is 44.6 Å². The van der Waals surface area contributed by atoms with Crippen molar-refractivity contribution in [2.45, 2.75) is 57.2 Å². The summed E-state index contributed by atoms with van der Waals surface area (Å²) in [7, 11) is 2.14. The van der Waals surface area contributed by atoms with E-state index in [0.29, 0.717) is 25.7 Å². The Balaban J connectivity index is 1.24. The first-order chi connectivity index (χ1) is 20.9. The third-order valence-electron chi connectivity index (χ3n) is 8.82. The summed E-state index contributed by atoms with van der Waals surface area (Å²) in [6.07, 6.45) is 5.83. The number of rotatable bonds is 8. The number of hydrogen-bond donors (Lipinski definition) is 1. The molecule has 9 heteroatoms. The summed E-state index contributed by atoms with van der Waals surface area (Å²) in [6, 6.07) is 18.5. The maximum atomic E-state index is 10.9. The number of pyridine rings is 1. The lowest BCUT2D eigenvalue weighted by Crippen LogP contribution is -2.30. The van der Waals surface area contributed by atoms with Gasteiger partial charge in [-0.1, -0.05) is 56.3 Å². The molecule has 8 rings (SSSR count). The second kappa shape index (κ2) is 10.1. The van der Waals surface area contributed by atoms with Gasteiger partial charge in [0.05, 0.1) is 48.8 Å². The quantitative estimate of drug-likeness (QED) is 0.235. The molecule has 0 radical (unpaired) electrons. The van der Waals surface area contributed by atoms with Gasteiger partial charge in [0.15, 0.2) is 5.65 Å². The lowest BCUT2D eigenvalue weighted by molar-refractivity contribution is -0.0283. The van der Waals surface area contributed by atoms with Crippen molar-refractivity contribution in [2.75, 3.05) is 13.2 Å². The Morgan fingerprint density at radius 2 is 1.77 bits per heavy atom. The summed E-state index contributed by atoms with van der Waals surface area (Å²) in [5.74, 6) is 1.62. The monoisotopic (exact) mass is 573 g/mol. The lowest BCUT2D eigenvalue weighted by atomic mass is 10.0. The highest BCUT2D eigenvalue weighted by atomic mass is 16.5. The lowest BCUT2D eigenvalue weighted by Gasteiger charge is -2.25. The number of nitrogens with zero attached hydrogens (tertiary/aromatic N) is 7. The van der Waals surface area contributed by atoms with Gasteiger partial charge in [0.2, 0.25) is 0 Å². The fraction of sp³-hybridized carbons (Fsp3) is 0.353. The van der Waals surface area contributed by atoms with E-state index in [2.05, 4.69) is 49.9 Å². The molecule has 1 aliphatic carbocycles. The van der Waals surface area contributed by atoms with Gasteiger partial charge in [-0.3, -0.25) is 9.36 Å². The van der Waals surface area contributed by atoms with Gasteiger partial charge >= 0.3 is 0 Å². The van der Waals surface area contributed by atoms with E-state index >= 15 is 0 Å². The topological polar surface area (TPSA) is 95.8 Å². The van der Waals surface area contributed by atoms with E-state index in [1.807, 2.05) is 52.0 Å². The molecule has 43 heavy (non-hydrogen) atoms. The summed E-state index contributed by atoms with van der Waals surface area (Å²) in [5, 5.41) is 22.6. The van der Waals surface area contributed by atoms with Gasteiger partial charge in [-0.15, -0.1) is 0 Å². The van der Waals surface area contributed by atoms with Crippen LogP contribution in [0.3, 0.4) is 0 Å². The van der Waals surface area contributed by atoms with Gasteiger partial charge in [-0.25, -0.2) is 9.97 Å². The van der Waals surface area contributed by atoms with E-state index in [1.54, 1.807) is 0 Å². The molecule has 0 unspecified atom stereocenters. The first-order valence-corrected chi connectivity index (χ1v) is 15.2. The van der Waals surface area contributed by atoms with E-state index in [9.17, 15) is 5.11 Å². The fourth-order valence-corrected chi connectivity index (χ4v) is 6.30. The molecule has 2 aliphatic rings. The average molecular weight is 574 g/mol. The molecule has 6 aromatic rings. The number of ether oxygens (including phenoxy) is 1. The van der Waals surface area contributed by atoms with Gasteiger partial charge < -0.3 is 14.4 Å². The van der Waals surface area contributed by atoms with Crippen LogP contribution in [0.4, 0.5) is 0 Å². The number of hydrogen-bond acceptors (Lipinski definition) is 6. The highest BCUT2D eigenvalue weighted by Crippen LogP contribution is 2.47. The largest absolute Gasteiger partial charge is 0.386 e. The van der Waals surface area contributed by atoms with Crippen molar-refractivity contribution in [3.63, 3.8) is 0 Å². The zero-order valence-electron chi connectivity index (χ0n) is 24.7. The van der Waals surface area contributed by atoms with E-state index < -0.39 is 6.10 Å². The van der Waals surface area contributed by atoms with Gasteiger partial charge in [-0.2, -0.15) is 10.2 Å². The predicted molar refractivity (Wildman–Crippen MR) is 166 cm³/mol. The van der Waals surface area contributed by atoms with Crippen LogP contribution in [0.5, 0.6) is 0 Å². The molecule has 5 heterocycles. The third kappa shape index (κ3) is 4.54. The molecular weight excluding hydrogens is 538 g/mol.